The van der Waals surface area contributed by atoms with Gasteiger partial charge in [-0.2, -0.15) is 11.3 Å². The third-order valence-corrected chi connectivity index (χ3v) is 5.55. The standard InChI is InChI=1S/C20H26N4O2S/c1-14-12-17(23(2)3)4-5-18(14)22-20(26)24-9-6-16(7-10-24)21-19(25)15-8-11-27-13-15/h4-5,8,11-13,16H,6-7,9-10H2,1-3H3,(H,21,25)(H,22,26). The van der Waals surface area contributed by atoms with Crippen LogP contribution in [0.1, 0.15) is 28.8 Å². The highest BCUT2D eigenvalue weighted by molar-refractivity contribution is 7.08. The first-order valence-electron chi connectivity index (χ1n) is 9.11. The van der Waals surface area contributed by atoms with Crippen LogP contribution in [0.25, 0.3) is 0 Å². The molecule has 1 aromatic carbocycles. The van der Waals surface area contributed by atoms with Gasteiger partial charge in [0.2, 0.25) is 0 Å². The van der Waals surface area contributed by atoms with Crippen LogP contribution in [0.5, 0.6) is 0 Å². The molecule has 2 N–H and O–H groups in total. The average Bonchev–Trinajstić information content (AvgIpc) is 3.18. The fourth-order valence-corrected chi connectivity index (χ4v) is 3.79. The zero-order valence-corrected chi connectivity index (χ0v) is 16.8. The van der Waals surface area contributed by atoms with Gasteiger partial charge in [0.1, 0.15) is 0 Å². The molecule has 0 radical (unpaired) electrons. The molecule has 0 aliphatic carbocycles. The lowest BCUT2D eigenvalue weighted by atomic mass is 10.0. The highest BCUT2D eigenvalue weighted by Gasteiger charge is 2.24. The van der Waals surface area contributed by atoms with E-state index >= 15 is 0 Å². The van der Waals surface area contributed by atoms with Crippen molar-refractivity contribution in [2.24, 2.45) is 0 Å². The molecule has 7 heteroatoms. The molecule has 3 rings (SSSR count). The predicted octanol–water partition coefficient (Wildman–Crippen LogP) is 3.55. The summed E-state index contributed by atoms with van der Waals surface area (Å²) in [6.45, 7) is 3.26. The van der Waals surface area contributed by atoms with E-state index in [9.17, 15) is 9.59 Å². The van der Waals surface area contributed by atoms with Crippen molar-refractivity contribution >= 4 is 34.6 Å². The van der Waals surface area contributed by atoms with Gasteiger partial charge in [0.25, 0.3) is 5.91 Å². The van der Waals surface area contributed by atoms with Crippen molar-refractivity contribution in [3.63, 3.8) is 0 Å². The second kappa shape index (κ2) is 8.43. The first-order chi connectivity index (χ1) is 12.9. The number of nitrogens with zero attached hydrogens (tertiary/aromatic N) is 2. The fourth-order valence-electron chi connectivity index (χ4n) is 3.15. The van der Waals surface area contributed by atoms with E-state index in [4.69, 9.17) is 0 Å². The highest BCUT2D eigenvalue weighted by Crippen LogP contribution is 2.22. The van der Waals surface area contributed by atoms with Crippen molar-refractivity contribution in [1.82, 2.24) is 10.2 Å². The van der Waals surface area contributed by atoms with E-state index in [1.165, 1.54) is 11.3 Å². The monoisotopic (exact) mass is 386 g/mol. The lowest BCUT2D eigenvalue weighted by Gasteiger charge is -2.32. The second-order valence-corrected chi connectivity index (χ2v) is 7.85. The molecule has 1 aromatic heterocycles. The SMILES string of the molecule is Cc1cc(N(C)C)ccc1NC(=O)N1CCC(NC(=O)c2ccsc2)CC1. The van der Waals surface area contributed by atoms with Gasteiger partial charge in [-0.1, -0.05) is 0 Å². The summed E-state index contributed by atoms with van der Waals surface area (Å²) in [6, 6.07) is 7.85. The van der Waals surface area contributed by atoms with E-state index < -0.39 is 0 Å². The zero-order valence-electron chi connectivity index (χ0n) is 16.0. The van der Waals surface area contributed by atoms with Crippen LogP contribution in [0.4, 0.5) is 16.2 Å². The van der Waals surface area contributed by atoms with E-state index in [1.807, 2.05) is 59.8 Å². The van der Waals surface area contributed by atoms with Crippen molar-refractivity contribution in [1.29, 1.82) is 0 Å². The number of carbonyl (C=O) groups excluding carboxylic acids is 2. The van der Waals surface area contributed by atoms with E-state index in [2.05, 4.69) is 16.7 Å². The second-order valence-electron chi connectivity index (χ2n) is 7.07. The largest absolute Gasteiger partial charge is 0.378 e. The van der Waals surface area contributed by atoms with Crippen LogP contribution < -0.4 is 15.5 Å². The van der Waals surface area contributed by atoms with E-state index in [1.54, 1.807) is 0 Å². The number of rotatable bonds is 4. The third-order valence-electron chi connectivity index (χ3n) is 4.87. The Kier molecular flexibility index (Phi) is 6.01. The number of urea groups is 1. The molecule has 2 heterocycles. The topological polar surface area (TPSA) is 64.7 Å². The summed E-state index contributed by atoms with van der Waals surface area (Å²) in [5.41, 5.74) is 3.68. The van der Waals surface area contributed by atoms with Crippen LogP contribution >= 0.6 is 11.3 Å². The first kappa shape index (κ1) is 19.2. The Hall–Kier alpha value is -2.54. The number of benzene rings is 1. The summed E-state index contributed by atoms with van der Waals surface area (Å²) < 4.78 is 0. The van der Waals surface area contributed by atoms with Crippen LogP contribution in [0.3, 0.4) is 0 Å². The Bertz CT molecular complexity index is 796. The summed E-state index contributed by atoms with van der Waals surface area (Å²) in [4.78, 5) is 28.6. The molecule has 3 amide bonds. The summed E-state index contributed by atoms with van der Waals surface area (Å²) in [5.74, 6) is -0.0317. The van der Waals surface area contributed by atoms with Gasteiger partial charge in [0, 0.05) is 55.5 Å². The van der Waals surface area contributed by atoms with Crippen LogP contribution in [0, 0.1) is 6.92 Å². The smallest absolute Gasteiger partial charge is 0.321 e. The number of anilines is 2. The Balaban J connectivity index is 1.50. The maximum atomic E-state index is 12.6. The molecule has 1 aliphatic rings. The molecule has 0 spiro atoms. The first-order valence-corrected chi connectivity index (χ1v) is 10.1. The summed E-state index contributed by atoms with van der Waals surface area (Å²) in [5, 5.41) is 9.81. The lowest BCUT2D eigenvalue weighted by Crippen LogP contribution is -2.47. The molecule has 0 saturated carbocycles. The number of aryl methyl sites for hydroxylation is 1. The molecule has 27 heavy (non-hydrogen) atoms. The molecule has 6 nitrogen and oxygen atoms in total. The van der Waals surface area contributed by atoms with Gasteiger partial charge >= 0.3 is 6.03 Å². The summed E-state index contributed by atoms with van der Waals surface area (Å²) in [7, 11) is 3.99. The number of hydrogen-bond donors (Lipinski definition) is 2. The van der Waals surface area contributed by atoms with Crippen molar-refractivity contribution in [3.8, 4) is 0 Å². The number of likely N-dealkylation sites (tertiary alicyclic amines) is 1. The maximum Gasteiger partial charge on any atom is 0.321 e. The molecule has 144 valence electrons. The van der Waals surface area contributed by atoms with Gasteiger partial charge in [-0.25, -0.2) is 4.79 Å². The molecule has 0 atom stereocenters. The summed E-state index contributed by atoms with van der Waals surface area (Å²) in [6.07, 6.45) is 1.53. The molecular weight excluding hydrogens is 360 g/mol. The summed E-state index contributed by atoms with van der Waals surface area (Å²) >= 11 is 1.51. The van der Waals surface area contributed by atoms with Gasteiger partial charge in [0.15, 0.2) is 0 Å². The van der Waals surface area contributed by atoms with Crippen molar-refractivity contribution < 1.29 is 9.59 Å². The van der Waals surface area contributed by atoms with Crippen LogP contribution in [-0.2, 0) is 0 Å². The Morgan fingerprint density at radius 2 is 1.93 bits per heavy atom. The van der Waals surface area contributed by atoms with Gasteiger partial charge < -0.3 is 20.4 Å². The highest BCUT2D eigenvalue weighted by atomic mass is 32.1. The maximum absolute atomic E-state index is 12.6. The number of amides is 3. The molecule has 0 unspecified atom stereocenters. The van der Waals surface area contributed by atoms with Crippen molar-refractivity contribution in [2.75, 3.05) is 37.4 Å². The minimum atomic E-state index is -0.0849. The Morgan fingerprint density at radius 3 is 2.52 bits per heavy atom. The third kappa shape index (κ3) is 4.80. The number of hydrogen-bond acceptors (Lipinski definition) is 4. The molecule has 2 aromatic rings. The van der Waals surface area contributed by atoms with Gasteiger partial charge in [-0.15, -0.1) is 0 Å². The van der Waals surface area contributed by atoms with Gasteiger partial charge in [0.05, 0.1) is 0 Å². The quantitative estimate of drug-likeness (QED) is 0.845. The predicted molar refractivity (Wildman–Crippen MR) is 111 cm³/mol. The lowest BCUT2D eigenvalue weighted by molar-refractivity contribution is 0.0919. The number of carbonyl (C=O) groups is 2. The molecule has 1 fully saturated rings. The van der Waals surface area contributed by atoms with Crippen LogP contribution in [0.15, 0.2) is 35.0 Å². The van der Waals surface area contributed by atoms with Crippen molar-refractivity contribution in [3.05, 3.63) is 46.2 Å². The van der Waals surface area contributed by atoms with E-state index in [0.717, 1.165) is 29.8 Å². The molecule has 1 saturated heterocycles. The number of piperidine rings is 1. The van der Waals surface area contributed by atoms with Gasteiger partial charge in [-0.3, -0.25) is 4.79 Å². The van der Waals surface area contributed by atoms with E-state index in [0.29, 0.717) is 18.7 Å². The fraction of sp³-hybridized carbons (Fsp3) is 0.400. The Morgan fingerprint density at radius 1 is 1.19 bits per heavy atom. The van der Waals surface area contributed by atoms with Crippen molar-refractivity contribution in [2.45, 2.75) is 25.8 Å². The minimum Gasteiger partial charge on any atom is -0.378 e. The number of nitrogens with one attached hydrogen (secondary N) is 2. The molecule has 1 aliphatic heterocycles. The number of thiophene rings is 1. The minimum absolute atomic E-state index is 0.0317. The zero-order chi connectivity index (χ0) is 19.4. The van der Waals surface area contributed by atoms with E-state index in [-0.39, 0.29) is 18.0 Å². The van der Waals surface area contributed by atoms with Crippen LogP contribution in [-0.4, -0.2) is 50.1 Å². The average molecular weight is 387 g/mol. The normalized spacial score (nSPS) is 14.7. The molecule has 0 bridgehead atoms. The van der Waals surface area contributed by atoms with Crippen LogP contribution in [0.2, 0.25) is 0 Å². The molecular formula is C20H26N4O2S. The van der Waals surface area contributed by atoms with Gasteiger partial charge in [-0.05, 0) is 55.0 Å². The Labute approximate surface area is 164 Å².